The third kappa shape index (κ3) is 7.22. The number of carbonyl (C=O) groups is 1. The first kappa shape index (κ1) is 19.8. The zero-order valence-electron chi connectivity index (χ0n) is 13.8. The highest BCUT2D eigenvalue weighted by Crippen LogP contribution is 2.22. The van der Waals surface area contributed by atoms with Gasteiger partial charge in [-0.3, -0.25) is 9.10 Å². The zero-order valence-corrected chi connectivity index (χ0v) is 15.4. The maximum atomic E-state index is 13.8. The maximum Gasteiger partial charge on any atom is 0.240 e. The molecule has 0 aliphatic carbocycles. The van der Waals surface area contributed by atoms with Crippen molar-refractivity contribution in [1.82, 2.24) is 5.32 Å². The fraction of sp³-hybridized carbons (Fsp3) is 0.533. The summed E-state index contributed by atoms with van der Waals surface area (Å²) < 4.78 is 38.4. The Bertz CT molecular complexity index is 642. The Morgan fingerprint density at radius 1 is 1.30 bits per heavy atom. The number of benzene rings is 1. The van der Waals surface area contributed by atoms with E-state index in [1.807, 2.05) is 0 Å². The number of sulfonamides is 1. The molecule has 0 aromatic heterocycles. The van der Waals surface area contributed by atoms with E-state index < -0.39 is 28.3 Å². The third-order valence-electron chi connectivity index (χ3n) is 2.77. The molecule has 0 spiro atoms. The molecule has 0 unspecified atom stereocenters. The molecule has 0 aliphatic heterocycles. The van der Waals surface area contributed by atoms with Gasteiger partial charge in [0, 0.05) is 17.0 Å². The SMILES string of the molecule is CC(C)(C)SCCNC(=O)CN(c1ccccc1F)S(C)(=O)=O. The normalized spacial score (nSPS) is 12.0. The summed E-state index contributed by atoms with van der Waals surface area (Å²) in [5.41, 5.74) is -0.130. The number of nitrogens with zero attached hydrogens (tertiary/aromatic N) is 1. The van der Waals surface area contributed by atoms with E-state index in [2.05, 4.69) is 26.1 Å². The Morgan fingerprint density at radius 3 is 2.43 bits per heavy atom. The van der Waals surface area contributed by atoms with Gasteiger partial charge < -0.3 is 5.32 Å². The molecule has 23 heavy (non-hydrogen) atoms. The molecule has 8 heteroatoms. The lowest BCUT2D eigenvalue weighted by molar-refractivity contribution is -0.119. The first-order valence-corrected chi connectivity index (χ1v) is 9.97. The zero-order chi connectivity index (χ0) is 17.7. The van der Waals surface area contributed by atoms with Crippen molar-refractivity contribution in [2.24, 2.45) is 0 Å². The van der Waals surface area contributed by atoms with Crippen molar-refractivity contribution < 1.29 is 17.6 Å². The predicted octanol–water partition coefficient (Wildman–Crippen LogP) is 2.24. The molecule has 1 aromatic carbocycles. The molecule has 1 aromatic rings. The summed E-state index contributed by atoms with van der Waals surface area (Å²) in [4.78, 5) is 12.0. The lowest BCUT2D eigenvalue weighted by Crippen LogP contribution is -2.41. The number of amides is 1. The second kappa shape index (κ2) is 8.01. The smallest absolute Gasteiger partial charge is 0.240 e. The van der Waals surface area contributed by atoms with Crippen LogP contribution in [0.5, 0.6) is 0 Å². The number of thioether (sulfide) groups is 1. The second-order valence-electron chi connectivity index (χ2n) is 6.03. The summed E-state index contributed by atoms with van der Waals surface area (Å²) in [7, 11) is -3.76. The third-order valence-corrected chi connectivity index (χ3v) is 5.17. The number of anilines is 1. The maximum absolute atomic E-state index is 13.8. The van der Waals surface area contributed by atoms with Gasteiger partial charge in [-0.15, -0.1) is 0 Å². The Kier molecular flexibility index (Phi) is 6.88. The van der Waals surface area contributed by atoms with E-state index in [0.717, 1.165) is 16.6 Å². The van der Waals surface area contributed by atoms with E-state index in [1.54, 1.807) is 11.8 Å². The molecule has 0 atom stereocenters. The van der Waals surface area contributed by atoms with Crippen LogP contribution in [0, 0.1) is 5.82 Å². The predicted molar refractivity (Wildman–Crippen MR) is 93.8 cm³/mol. The Hall–Kier alpha value is -1.28. The first-order valence-electron chi connectivity index (χ1n) is 7.13. The highest BCUT2D eigenvalue weighted by molar-refractivity contribution is 8.00. The standard InChI is InChI=1S/C15H23FN2O3S2/c1-15(2,3)22-10-9-17-14(19)11-18(23(4,20)21)13-8-6-5-7-12(13)16/h5-8H,9-11H2,1-4H3,(H,17,19). The average Bonchev–Trinajstić information content (AvgIpc) is 2.40. The van der Waals surface area contributed by atoms with E-state index in [9.17, 15) is 17.6 Å². The summed E-state index contributed by atoms with van der Waals surface area (Å²) in [5.74, 6) is -0.435. The Balaban J connectivity index is 2.69. The van der Waals surface area contributed by atoms with Gasteiger partial charge in [-0.2, -0.15) is 11.8 Å². The van der Waals surface area contributed by atoms with Gasteiger partial charge in [0.25, 0.3) is 0 Å². The fourth-order valence-electron chi connectivity index (χ4n) is 1.77. The lowest BCUT2D eigenvalue weighted by Gasteiger charge is -2.22. The molecular weight excluding hydrogens is 339 g/mol. The van der Waals surface area contributed by atoms with Crippen LogP contribution in [0.2, 0.25) is 0 Å². The van der Waals surface area contributed by atoms with Gasteiger partial charge in [-0.1, -0.05) is 32.9 Å². The van der Waals surface area contributed by atoms with Gasteiger partial charge in [0.15, 0.2) is 0 Å². The summed E-state index contributed by atoms with van der Waals surface area (Å²) in [5, 5.41) is 2.66. The number of rotatable bonds is 7. The molecular formula is C15H23FN2O3S2. The van der Waals surface area contributed by atoms with E-state index in [1.165, 1.54) is 18.2 Å². The number of para-hydroxylation sites is 1. The number of hydrogen-bond donors (Lipinski definition) is 1. The molecule has 5 nitrogen and oxygen atoms in total. The molecule has 0 saturated carbocycles. The quantitative estimate of drug-likeness (QED) is 0.756. The van der Waals surface area contributed by atoms with Gasteiger partial charge in [-0.25, -0.2) is 12.8 Å². The van der Waals surface area contributed by atoms with Crippen molar-refractivity contribution in [3.8, 4) is 0 Å². The number of nitrogens with one attached hydrogen (secondary N) is 1. The van der Waals surface area contributed by atoms with E-state index in [0.29, 0.717) is 12.3 Å². The molecule has 0 fully saturated rings. The summed E-state index contributed by atoms with van der Waals surface area (Å²) >= 11 is 1.69. The van der Waals surface area contributed by atoms with Crippen LogP contribution in [0.25, 0.3) is 0 Å². The van der Waals surface area contributed by atoms with Crippen LogP contribution in [0.15, 0.2) is 24.3 Å². The van der Waals surface area contributed by atoms with Crippen LogP contribution in [0.1, 0.15) is 20.8 Å². The van der Waals surface area contributed by atoms with Crippen molar-refractivity contribution in [3.63, 3.8) is 0 Å². The molecule has 1 amide bonds. The highest BCUT2D eigenvalue weighted by Gasteiger charge is 2.23. The van der Waals surface area contributed by atoms with Crippen molar-refractivity contribution >= 4 is 33.4 Å². The minimum Gasteiger partial charge on any atom is -0.354 e. The molecule has 0 aliphatic rings. The molecule has 0 radical (unpaired) electrons. The van der Waals surface area contributed by atoms with Crippen molar-refractivity contribution in [2.45, 2.75) is 25.5 Å². The van der Waals surface area contributed by atoms with Gasteiger partial charge in [0.1, 0.15) is 12.4 Å². The Labute approximate surface area is 141 Å². The topological polar surface area (TPSA) is 66.5 Å². The molecule has 1 N–H and O–H groups in total. The Morgan fingerprint density at radius 2 is 1.91 bits per heavy atom. The van der Waals surface area contributed by atoms with Crippen LogP contribution in [-0.2, 0) is 14.8 Å². The van der Waals surface area contributed by atoms with Crippen molar-refractivity contribution in [1.29, 1.82) is 0 Å². The van der Waals surface area contributed by atoms with Crippen LogP contribution < -0.4 is 9.62 Å². The minimum atomic E-state index is -3.76. The van der Waals surface area contributed by atoms with Crippen LogP contribution in [-0.4, -0.2) is 44.2 Å². The molecule has 1 rings (SSSR count). The van der Waals surface area contributed by atoms with Gasteiger partial charge in [0.05, 0.1) is 11.9 Å². The van der Waals surface area contributed by atoms with Gasteiger partial charge in [-0.05, 0) is 12.1 Å². The lowest BCUT2D eigenvalue weighted by atomic mass is 10.3. The molecule has 0 bridgehead atoms. The largest absolute Gasteiger partial charge is 0.354 e. The van der Waals surface area contributed by atoms with Crippen LogP contribution in [0.3, 0.4) is 0 Å². The van der Waals surface area contributed by atoms with Crippen LogP contribution in [0.4, 0.5) is 10.1 Å². The molecule has 130 valence electrons. The average molecular weight is 362 g/mol. The number of hydrogen-bond acceptors (Lipinski definition) is 4. The number of halogens is 1. The molecule has 0 saturated heterocycles. The van der Waals surface area contributed by atoms with Crippen LogP contribution >= 0.6 is 11.8 Å². The summed E-state index contributed by atoms with van der Waals surface area (Å²) in [6, 6.07) is 5.47. The first-order chi connectivity index (χ1) is 10.5. The minimum absolute atomic E-state index is 0.0939. The highest BCUT2D eigenvalue weighted by atomic mass is 32.2. The van der Waals surface area contributed by atoms with Crippen molar-refractivity contribution in [3.05, 3.63) is 30.1 Å². The van der Waals surface area contributed by atoms with Crippen molar-refractivity contribution in [2.75, 3.05) is 29.4 Å². The molecule has 0 heterocycles. The van der Waals surface area contributed by atoms with Gasteiger partial charge in [0.2, 0.25) is 15.9 Å². The van der Waals surface area contributed by atoms with E-state index in [-0.39, 0.29) is 10.4 Å². The summed E-state index contributed by atoms with van der Waals surface area (Å²) in [6.07, 6.45) is 0.947. The van der Waals surface area contributed by atoms with Gasteiger partial charge >= 0.3 is 0 Å². The fourth-order valence-corrected chi connectivity index (χ4v) is 3.44. The van der Waals surface area contributed by atoms with E-state index in [4.69, 9.17) is 0 Å². The summed E-state index contributed by atoms with van der Waals surface area (Å²) in [6.45, 7) is 6.20. The second-order valence-corrected chi connectivity index (χ2v) is 9.86. The van der Waals surface area contributed by atoms with E-state index >= 15 is 0 Å². The monoisotopic (exact) mass is 362 g/mol. The number of carbonyl (C=O) groups excluding carboxylic acids is 1.